The number of sulfonamides is 1. The Labute approximate surface area is 345 Å². The first-order chi connectivity index (χ1) is 28.4. The van der Waals surface area contributed by atoms with Crippen LogP contribution in [-0.4, -0.2) is 97.5 Å². The van der Waals surface area contributed by atoms with Crippen LogP contribution in [0.5, 0.6) is 17.4 Å². The van der Waals surface area contributed by atoms with Crippen LogP contribution in [0.25, 0.3) is 10.9 Å². The third-order valence-electron chi connectivity index (χ3n) is 13.4. The van der Waals surface area contributed by atoms with Gasteiger partial charge in [0.15, 0.2) is 0 Å². The number of benzene rings is 1. The molecule has 1 aromatic heterocycles. The number of hydrogen-bond donors (Lipinski definition) is 3. The van der Waals surface area contributed by atoms with Crippen molar-refractivity contribution in [1.82, 2.24) is 25.2 Å². The van der Waals surface area contributed by atoms with E-state index in [1.54, 1.807) is 13.2 Å². The molecule has 4 saturated carbocycles. The number of aromatic nitrogens is 1. The number of nitrogens with zero attached hydrogens (tertiary/aromatic N) is 2. The second-order valence-electron chi connectivity index (χ2n) is 17.3. The first-order valence-electron chi connectivity index (χ1n) is 21.5. The van der Waals surface area contributed by atoms with Gasteiger partial charge in [0, 0.05) is 29.9 Å². The number of rotatable bonds is 10. The molecule has 3 heterocycles. The summed E-state index contributed by atoms with van der Waals surface area (Å²) in [5.41, 5.74) is 0.0187. The van der Waals surface area contributed by atoms with Crippen LogP contribution >= 0.6 is 0 Å². The predicted molar refractivity (Wildman–Crippen MR) is 217 cm³/mol. The highest BCUT2D eigenvalue weighted by molar-refractivity contribution is 7.91. The Kier molecular flexibility index (Phi) is 11.7. The second kappa shape index (κ2) is 16.8. The van der Waals surface area contributed by atoms with Crippen LogP contribution in [0.2, 0.25) is 0 Å². The van der Waals surface area contributed by atoms with Crippen LogP contribution in [0.15, 0.2) is 30.9 Å². The average Bonchev–Trinajstić information content (AvgIpc) is 4.12. The number of fused-ring (bicyclic) bond motifs is 4. The molecule has 2 aromatic rings. The van der Waals surface area contributed by atoms with E-state index >= 15 is 4.79 Å². The van der Waals surface area contributed by atoms with Crippen molar-refractivity contribution < 1.29 is 46.5 Å². The second-order valence-corrected chi connectivity index (χ2v) is 19.2. The van der Waals surface area contributed by atoms with Gasteiger partial charge in [0.05, 0.1) is 31.0 Å². The monoisotopic (exact) mass is 835 g/mol. The summed E-state index contributed by atoms with van der Waals surface area (Å²) in [6, 6.07) is 3.54. The van der Waals surface area contributed by atoms with Gasteiger partial charge in [-0.05, 0) is 101 Å². The summed E-state index contributed by atoms with van der Waals surface area (Å²) in [5.74, 6) is -0.910. The van der Waals surface area contributed by atoms with Gasteiger partial charge in [0.2, 0.25) is 27.7 Å². The maximum Gasteiger partial charge on any atom is 0.408 e. The van der Waals surface area contributed by atoms with Crippen LogP contribution in [0, 0.1) is 17.8 Å². The molecule has 0 spiro atoms. The van der Waals surface area contributed by atoms with Crippen molar-refractivity contribution >= 4 is 44.7 Å². The van der Waals surface area contributed by atoms with Crippen molar-refractivity contribution in [1.29, 1.82) is 0 Å². The van der Waals surface area contributed by atoms with Gasteiger partial charge in [0.25, 0.3) is 5.91 Å². The Morgan fingerprint density at radius 2 is 1.78 bits per heavy atom. The van der Waals surface area contributed by atoms with Crippen LogP contribution in [-0.2, 0) is 35.6 Å². The molecule has 59 heavy (non-hydrogen) atoms. The SMILES string of the molecule is C=C[C@@H]1C[C@]1(NC(=O)[C@@H]1C[C@@H]2CN1C(=O)[C@H](C1CCCCC1)NC(=O)O[C@H]1CCC[C@H]1CCCc1cc3c(cc(OCC)nc3cc1OC)O2)C(=O)NS(=O)(=O)C1CC1. The zero-order valence-electron chi connectivity index (χ0n) is 34.0. The molecule has 5 fully saturated rings. The summed E-state index contributed by atoms with van der Waals surface area (Å²) >= 11 is 0. The number of aryl methyl sites for hydroxylation is 1. The third-order valence-corrected chi connectivity index (χ3v) is 15.2. The van der Waals surface area contributed by atoms with E-state index < -0.39 is 68.7 Å². The highest BCUT2D eigenvalue weighted by atomic mass is 32.2. The first-order valence-corrected chi connectivity index (χ1v) is 23.1. The van der Waals surface area contributed by atoms with E-state index in [4.69, 9.17) is 23.9 Å². The molecule has 0 radical (unpaired) electrons. The van der Waals surface area contributed by atoms with Crippen LogP contribution in [0.4, 0.5) is 4.79 Å². The van der Waals surface area contributed by atoms with Gasteiger partial charge < -0.3 is 34.5 Å². The fourth-order valence-corrected chi connectivity index (χ4v) is 11.3. The molecule has 16 heteroatoms. The van der Waals surface area contributed by atoms with Crippen molar-refractivity contribution in [3.8, 4) is 17.4 Å². The molecule has 8 rings (SSSR count). The maximum absolute atomic E-state index is 15.0. The number of ether oxygens (including phenoxy) is 4. The molecule has 4 aliphatic carbocycles. The number of pyridine rings is 1. The minimum Gasteiger partial charge on any atom is -0.496 e. The zero-order chi connectivity index (χ0) is 41.5. The summed E-state index contributed by atoms with van der Waals surface area (Å²) in [6.45, 7) is 6.05. The third kappa shape index (κ3) is 8.56. The van der Waals surface area contributed by atoms with Crippen LogP contribution in [0.1, 0.15) is 102 Å². The number of amides is 4. The number of alkyl carbamates (subject to hydrolysis) is 1. The van der Waals surface area contributed by atoms with Crippen LogP contribution < -0.4 is 29.6 Å². The lowest BCUT2D eigenvalue weighted by molar-refractivity contribution is -0.142. The minimum absolute atomic E-state index is 0.00148. The summed E-state index contributed by atoms with van der Waals surface area (Å²) in [4.78, 5) is 63.3. The molecular formula is C43H57N5O10S. The minimum atomic E-state index is -3.91. The average molecular weight is 836 g/mol. The van der Waals surface area contributed by atoms with Gasteiger partial charge in [-0.1, -0.05) is 25.3 Å². The van der Waals surface area contributed by atoms with Crippen molar-refractivity contribution in [3.05, 3.63) is 36.4 Å². The predicted octanol–water partition coefficient (Wildman–Crippen LogP) is 4.84. The van der Waals surface area contributed by atoms with Gasteiger partial charge in [-0.2, -0.15) is 0 Å². The van der Waals surface area contributed by atoms with Crippen LogP contribution in [0.3, 0.4) is 0 Å². The standard InChI is InChI=1S/C43H57N5O10S/c1-4-28-23-43(28,41(51)47-59(53,54)30-17-18-30)46-39(49)33-20-29-24-48(33)40(50)38(26-11-7-6-8-12-26)45-42(52)58-34-16-10-14-25(34)13-9-15-27-19-31-32(21-35(27)55-3)44-37(56-5-2)22-36(31)57-29/h4,19,21-22,25-26,28-30,33-34,38H,1,5-18,20,23-24H2,2-3H3,(H,45,52)(H,46,49)(H,47,51)/t25-,28-,29-,33+,34+,38+,43-/m1/s1. The Morgan fingerprint density at radius 1 is 1.02 bits per heavy atom. The number of carbonyl (C=O) groups excluding carboxylic acids is 4. The quantitative estimate of drug-likeness (QED) is 0.278. The molecule has 6 aliphatic rings. The van der Waals surface area contributed by atoms with Gasteiger partial charge in [-0.25, -0.2) is 18.2 Å². The Bertz CT molecular complexity index is 2090. The van der Waals surface area contributed by atoms with E-state index in [-0.39, 0.29) is 37.3 Å². The molecular weight excluding hydrogens is 779 g/mol. The van der Waals surface area contributed by atoms with Gasteiger partial charge in [-0.3, -0.25) is 19.1 Å². The van der Waals surface area contributed by atoms with Crippen molar-refractivity contribution in [3.63, 3.8) is 0 Å². The Morgan fingerprint density at radius 3 is 2.49 bits per heavy atom. The summed E-state index contributed by atoms with van der Waals surface area (Å²) in [7, 11) is -2.28. The highest BCUT2D eigenvalue weighted by Crippen LogP contribution is 2.46. The van der Waals surface area contributed by atoms with E-state index in [9.17, 15) is 22.8 Å². The smallest absolute Gasteiger partial charge is 0.408 e. The lowest BCUT2D eigenvalue weighted by Crippen LogP contribution is -2.59. The summed E-state index contributed by atoms with van der Waals surface area (Å²) in [6.07, 6.45) is 10.3. The summed E-state index contributed by atoms with van der Waals surface area (Å²) < 4.78 is 52.5. The molecule has 320 valence electrons. The maximum atomic E-state index is 15.0. The molecule has 1 aromatic carbocycles. The Hall–Kier alpha value is -4.60. The molecule has 3 N–H and O–H groups in total. The molecule has 2 aliphatic heterocycles. The number of nitrogens with one attached hydrogen (secondary N) is 3. The lowest BCUT2D eigenvalue weighted by Gasteiger charge is -2.35. The Balaban J connectivity index is 1.17. The fraction of sp³-hybridized carbons (Fsp3) is 0.651. The molecule has 0 unspecified atom stereocenters. The normalized spacial score (nSPS) is 30.2. The highest BCUT2D eigenvalue weighted by Gasteiger charge is 2.62. The van der Waals surface area contributed by atoms with E-state index in [0.29, 0.717) is 48.8 Å². The number of carbonyl (C=O) groups is 4. The van der Waals surface area contributed by atoms with E-state index in [0.717, 1.165) is 75.2 Å². The molecule has 4 amide bonds. The van der Waals surface area contributed by atoms with Gasteiger partial charge in [-0.15, -0.1) is 6.58 Å². The first kappa shape index (κ1) is 41.1. The number of hydrogen-bond acceptors (Lipinski definition) is 11. The topological polar surface area (TPSA) is 192 Å². The van der Waals surface area contributed by atoms with Crippen molar-refractivity contribution in [2.45, 2.75) is 138 Å². The molecule has 4 bridgehead atoms. The molecule has 1 saturated heterocycles. The van der Waals surface area contributed by atoms with Crippen molar-refractivity contribution in [2.75, 3.05) is 20.3 Å². The molecule has 7 atom stereocenters. The van der Waals surface area contributed by atoms with E-state index in [1.807, 2.05) is 19.1 Å². The van der Waals surface area contributed by atoms with Gasteiger partial charge in [0.1, 0.15) is 41.3 Å². The van der Waals surface area contributed by atoms with Gasteiger partial charge >= 0.3 is 6.09 Å². The summed E-state index contributed by atoms with van der Waals surface area (Å²) in [5, 5.41) is 5.94. The largest absolute Gasteiger partial charge is 0.496 e. The zero-order valence-corrected chi connectivity index (χ0v) is 34.9. The lowest BCUT2D eigenvalue weighted by atomic mass is 9.83. The van der Waals surface area contributed by atoms with Crippen molar-refractivity contribution in [2.24, 2.45) is 17.8 Å². The number of methoxy groups -OCH3 is 1. The van der Waals surface area contributed by atoms with E-state index in [2.05, 4.69) is 21.9 Å². The fourth-order valence-electron chi connectivity index (χ4n) is 9.89. The molecule has 15 nitrogen and oxygen atoms in total. The van der Waals surface area contributed by atoms with E-state index in [1.165, 1.54) is 11.0 Å².